The van der Waals surface area contributed by atoms with Crippen LogP contribution in [-0.4, -0.2) is 23.4 Å². The van der Waals surface area contributed by atoms with Gasteiger partial charge in [-0.15, -0.1) is 0 Å². The molecule has 0 bridgehead atoms. The molecule has 6 unspecified atom stereocenters. The summed E-state index contributed by atoms with van der Waals surface area (Å²) in [5, 5.41) is 21.1. The summed E-state index contributed by atoms with van der Waals surface area (Å²) in [7, 11) is 1.67. The number of ether oxygens (including phenoxy) is 1. The summed E-state index contributed by atoms with van der Waals surface area (Å²) >= 11 is 0. The maximum atomic E-state index is 10.7. The van der Waals surface area contributed by atoms with Crippen LogP contribution in [-0.2, 0) is 0 Å². The lowest BCUT2D eigenvalue weighted by molar-refractivity contribution is -0.0372. The van der Waals surface area contributed by atoms with Gasteiger partial charge in [-0.3, -0.25) is 0 Å². The molecule has 4 rings (SSSR count). The monoisotopic (exact) mass is 302 g/mol. The molecular formula is C19H26O3. The number of methoxy groups -OCH3 is 1. The first-order valence-corrected chi connectivity index (χ1v) is 8.58. The van der Waals surface area contributed by atoms with Crippen molar-refractivity contribution in [2.75, 3.05) is 7.11 Å². The zero-order chi connectivity index (χ0) is 15.5. The third kappa shape index (κ3) is 1.88. The molecule has 1 aromatic carbocycles. The molecule has 2 fully saturated rings. The van der Waals surface area contributed by atoms with E-state index in [0.717, 1.165) is 43.4 Å². The van der Waals surface area contributed by atoms with Crippen molar-refractivity contribution in [2.45, 2.75) is 57.2 Å². The molecule has 3 nitrogen and oxygen atoms in total. The van der Waals surface area contributed by atoms with Gasteiger partial charge in [0.2, 0.25) is 0 Å². The largest absolute Gasteiger partial charge is 0.497 e. The number of hydrogen-bond donors (Lipinski definition) is 2. The zero-order valence-electron chi connectivity index (χ0n) is 13.5. The van der Waals surface area contributed by atoms with Crippen molar-refractivity contribution in [3.05, 3.63) is 29.3 Å². The van der Waals surface area contributed by atoms with Gasteiger partial charge in [-0.2, -0.15) is 0 Å². The molecule has 22 heavy (non-hydrogen) atoms. The molecule has 6 atom stereocenters. The van der Waals surface area contributed by atoms with Crippen LogP contribution in [0.4, 0.5) is 0 Å². The highest BCUT2D eigenvalue weighted by molar-refractivity contribution is 5.42. The van der Waals surface area contributed by atoms with E-state index in [-0.39, 0.29) is 11.5 Å². The van der Waals surface area contributed by atoms with Gasteiger partial charge in [-0.05, 0) is 78.5 Å². The smallest absolute Gasteiger partial charge is 0.119 e. The molecule has 120 valence electrons. The molecule has 0 radical (unpaired) electrons. The van der Waals surface area contributed by atoms with Crippen LogP contribution in [0.5, 0.6) is 5.75 Å². The average Bonchev–Trinajstić information content (AvgIpc) is 2.83. The van der Waals surface area contributed by atoms with E-state index in [2.05, 4.69) is 13.0 Å². The van der Waals surface area contributed by atoms with Gasteiger partial charge in [0.25, 0.3) is 0 Å². The lowest BCUT2D eigenvalue weighted by atomic mass is 9.55. The molecule has 0 aliphatic heterocycles. The van der Waals surface area contributed by atoms with Gasteiger partial charge in [-0.25, -0.2) is 0 Å². The van der Waals surface area contributed by atoms with Gasteiger partial charge in [-0.1, -0.05) is 13.0 Å². The molecule has 0 amide bonds. The van der Waals surface area contributed by atoms with Crippen LogP contribution in [0.3, 0.4) is 0 Å². The molecule has 3 aliphatic carbocycles. The molecule has 0 spiro atoms. The van der Waals surface area contributed by atoms with Crippen molar-refractivity contribution >= 4 is 0 Å². The number of aliphatic hydroxyl groups excluding tert-OH is 2. The van der Waals surface area contributed by atoms with Gasteiger partial charge in [0.05, 0.1) is 19.3 Å². The Hall–Kier alpha value is -1.06. The Kier molecular flexibility index (Phi) is 3.28. The average molecular weight is 302 g/mol. The van der Waals surface area contributed by atoms with E-state index >= 15 is 0 Å². The molecule has 2 saturated carbocycles. The summed E-state index contributed by atoms with van der Waals surface area (Å²) < 4.78 is 5.32. The third-order valence-electron chi connectivity index (χ3n) is 6.93. The Bertz CT molecular complexity index is 584. The fourth-order valence-electron chi connectivity index (χ4n) is 5.67. The van der Waals surface area contributed by atoms with E-state index in [4.69, 9.17) is 4.74 Å². The highest BCUT2D eigenvalue weighted by atomic mass is 16.5. The summed E-state index contributed by atoms with van der Waals surface area (Å²) in [6.45, 7) is 2.27. The minimum absolute atomic E-state index is 0.0604. The SMILES string of the molecule is COc1ccc2c(c1)C(O)CC1C2CCC2(C)C(O)CCC12. The van der Waals surface area contributed by atoms with Crippen LogP contribution < -0.4 is 4.74 Å². The fourth-order valence-corrected chi connectivity index (χ4v) is 5.67. The first-order valence-electron chi connectivity index (χ1n) is 8.58. The molecule has 0 saturated heterocycles. The summed E-state index contributed by atoms with van der Waals surface area (Å²) in [6.07, 6.45) is 4.53. The Balaban J connectivity index is 1.73. The van der Waals surface area contributed by atoms with E-state index in [9.17, 15) is 10.2 Å². The maximum Gasteiger partial charge on any atom is 0.119 e. The Morgan fingerprint density at radius 2 is 1.95 bits per heavy atom. The quantitative estimate of drug-likeness (QED) is 0.836. The van der Waals surface area contributed by atoms with Gasteiger partial charge in [0.15, 0.2) is 0 Å². The Morgan fingerprint density at radius 1 is 1.14 bits per heavy atom. The molecule has 2 N–H and O–H groups in total. The van der Waals surface area contributed by atoms with E-state index in [1.54, 1.807) is 7.11 Å². The standard InChI is InChI=1S/C19H26O3/c1-19-8-7-13-12-4-3-11(22-2)9-15(12)17(20)10-14(13)16(19)5-6-18(19)21/h3-4,9,13-14,16-18,20-21H,5-8,10H2,1-2H3. The van der Waals surface area contributed by atoms with Crippen molar-refractivity contribution in [3.8, 4) is 5.75 Å². The predicted molar refractivity (Wildman–Crippen MR) is 84.9 cm³/mol. The van der Waals surface area contributed by atoms with Gasteiger partial charge < -0.3 is 14.9 Å². The van der Waals surface area contributed by atoms with Crippen LogP contribution >= 0.6 is 0 Å². The predicted octanol–water partition coefficient (Wildman–Crippen LogP) is 3.40. The highest BCUT2D eigenvalue weighted by Crippen LogP contribution is 2.62. The van der Waals surface area contributed by atoms with Crippen LogP contribution in [0.25, 0.3) is 0 Å². The van der Waals surface area contributed by atoms with Crippen molar-refractivity contribution in [2.24, 2.45) is 17.3 Å². The van der Waals surface area contributed by atoms with Gasteiger partial charge in [0, 0.05) is 0 Å². The van der Waals surface area contributed by atoms with Crippen molar-refractivity contribution in [3.63, 3.8) is 0 Å². The molecule has 0 aromatic heterocycles. The number of fused-ring (bicyclic) bond motifs is 5. The van der Waals surface area contributed by atoms with Crippen LogP contribution in [0.1, 0.15) is 62.2 Å². The summed E-state index contributed by atoms with van der Waals surface area (Å²) in [6, 6.07) is 6.18. The summed E-state index contributed by atoms with van der Waals surface area (Å²) in [4.78, 5) is 0. The summed E-state index contributed by atoms with van der Waals surface area (Å²) in [5.74, 6) is 2.42. The number of benzene rings is 1. The molecule has 3 aliphatic rings. The Labute approximate surface area is 132 Å². The van der Waals surface area contributed by atoms with Crippen LogP contribution in [0.2, 0.25) is 0 Å². The fraction of sp³-hybridized carbons (Fsp3) is 0.684. The maximum absolute atomic E-state index is 10.7. The zero-order valence-corrected chi connectivity index (χ0v) is 13.5. The second kappa shape index (κ2) is 4.97. The van der Waals surface area contributed by atoms with Crippen molar-refractivity contribution < 1.29 is 14.9 Å². The molecule has 1 aromatic rings. The second-order valence-corrected chi connectivity index (χ2v) is 7.76. The Morgan fingerprint density at radius 3 is 2.73 bits per heavy atom. The van der Waals surface area contributed by atoms with Crippen LogP contribution in [0, 0.1) is 17.3 Å². The van der Waals surface area contributed by atoms with E-state index in [1.807, 2.05) is 12.1 Å². The van der Waals surface area contributed by atoms with Gasteiger partial charge >= 0.3 is 0 Å². The lowest BCUT2D eigenvalue weighted by Gasteiger charge is -2.50. The normalized spacial score (nSPS) is 43.2. The number of rotatable bonds is 1. The first kappa shape index (κ1) is 14.5. The highest BCUT2D eigenvalue weighted by Gasteiger charge is 2.55. The van der Waals surface area contributed by atoms with E-state index in [1.165, 1.54) is 5.56 Å². The van der Waals surface area contributed by atoms with E-state index in [0.29, 0.717) is 17.8 Å². The van der Waals surface area contributed by atoms with Gasteiger partial charge in [0.1, 0.15) is 5.75 Å². The first-order chi connectivity index (χ1) is 10.5. The number of hydrogen-bond acceptors (Lipinski definition) is 3. The van der Waals surface area contributed by atoms with E-state index < -0.39 is 6.10 Å². The van der Waals surface area contributed by atoms with Crippen molar-refractivity contribution in [1.82, 2.24) is 0 Å². The topological polar surface area (TPSA) is 49.7 Å². The molecule has 3 heteroatoms. The minimum atomic E-state index is -0.397. The van der Waals surface area contributed by atoms with Crippen LogP contribution in [0.15, 0.2) is 18.2 Å². The minimum Gasteiger partial charge on any atom is -0.497 e. The number of aliphatic hydroxyl groups is 2. The second-order valence-electron chi connectivity index (χ2n) is 7.76. The summed E-state index contributed by atoms with van der Waals surface area (Å²) in [5.41, 5.74) is 2.43. The third-order valence-corrected chi connectivity index (χ3v) is 6.93. The molecule has 0 heterocycles. The molecular weight excluding hydrogens is 276 g/mol. The van der Waals surface area contributed by atoms with Crippen molar-refractivity contribution in [1.29, 1.82) is 0 Å². The lowest BCUT2D eigenvalue weighted by Crippen LogP contribution is -2.44.